The zero-order valence-corrected chi connectivity index (χ0v) is 25.2. The summed E-state index contributed by atoms with van der Waals surface area (Å²) >= 11 is 0. The lowest BCUT2D eigenvalue weighted by Gasteiger charge is -2.39. The lowest BCUT2D eigenvalue weighted by molar-refractivity contribution is -0.198. The second-order valence-corrected chi connectivity index (χ2v) is 12.0. The van der Waals surface area contributed by atoms with Crippen molar-refractivity contribution in [1.29, 1.82) is 0 Å². The van der Waals surface area contributed by atoms with Gasteiger partial charge >= 0.3 is 18.1 Å². The molecule has 0 radical (unpaired) electrons. The first kappa shape index (κ1) is 31.8. The molecule has 4 heterocycles. The number of hydrogen-bond acceptors (Lipinski definition) is 9. The molecule has 0 bridgehead atoms. The van der Waals surface area contributed by atoms with Gasteiger partial charge in [-0.25, -0.2) is 9.48 Å². The summed E-state index contributed by atoms with van der Waals surface area (Å²) in [5.41, 5.74) is 7.21. The third-order valence-electron chi connectivity index (χ3n) is 8.79. The summed E-state index contributed by atoms with van der Waals surface area (Å²) in [6.45, 7) is 3.29. The number of aromatic nitrogens is 4. The van der Waals surface area contributed by atoms with Crippen LogP contribution in [0.4, 0.5) is 24.9 Å². The van der Waals surface area contributed by atoms with Crippen LogP contribution in [0.15, 0.2) is 60.8 Å². The molecule has 15 heteroatoms. The number of nitrogens with zero attached hydrogens (tertiary/aromatic N) is 5. The monoisotopic (exact) mass is 651 g/mol. The summed E-state index contributed by atoms with van der Waals surface area (Å²) in [5.74, 6) is -2.34. The molecule has 2 atom stereocenters. The normalized spacial score (nSPS) is 18.3. The van der Waals surface area contributed by atoms with Gasteiger partial charge in [-0.2, -0.15) is 28.2 Å². The minimum Gasteiger partial charge on any atom is -0.480 e. The van der Waals surface area contributed by atoms with Crippen LogP contribution in [0.5, 0.6) is 5.88 Å². The van der Waals surface area contributed by atoms with Crippen LogP contribution < -0.4 is 20.7 Å². The molecule has 0 saturated carbocycles. The van der Waals surface area contributed by atoms with Crippen molar-refractivity contribution in [2.45, 2.75) is 44.5 Å². The van der Waals surface area contributed by atoms with Crippen molar-refractivity contribution >= 4 is 23.7 Å². The highest BCUT2D eigenvalue weighted by Gasteiger charge is 2.46. The topological polar surface area (TPSA) is 169 Å². The Kier molecular flexibility index (Phi) is 8.26. The maximum atomic E-state index is 14.9. The Bertz CT molecular complexity index is 1800. The second-order valence-electron chi connectivity index (χ2n) is 12.0. The number of rotatable bonds is 8. The predicted molar refractivity (Wildman–Crippen MR) is 164 cm³/mol. The third kappa shape index (κ3) is 6.70. The van der Waals surface area contributed by atoms with Crippen molar-refractivity contribution in [2.75, 3.05) is 30.3 Å². The van der Waals surface area contributed by atoms with Crippen LogP contribution >= 0.6 is 0 Å². The molecule has 5 N–H and O–H groups in total. The number of carboxylic acid groups (broad SMARTS) is 2. The molecule has 2 saturated heterocycles. The van der Waals surface area contributed by atoms with Gasteiger partial charge in [0.1, 0.15) is 11.9 Å². The van der Waals surface area contributed by atoms with Crippen LogP contribution in [0.3, 0.4) is 0 Å². The maximum absolute atomic E-state index is 14.9. The Morgan fingerprint density at radius 2 is 1.74 bits per heavy atom. The Morgan fingerprint density at radius 3 is 2.34 bits per heavy atom. The fourth-order valence-electron chi connectivity index (χ4n) is 6.27. The van der Waals surface area contributed by atoms with E-state index in [1.165, 1.54) is 47.1 Å². The van der Waals surface area contributed by atoms with Crippen molar-refractivity contribution in [1.82, 2.24) is 25.1 Å². The van der Waals surface area contributed by atoms with Crippen LogP contribution in [-0.2, 0) is 4.79 Å². The molecule has 1 unspecified atom stereocenters. The molecule has 246 valence electrons. The Hall–Kier alpha value is -5.18. The highest BCUT2D eigenvalue weighted by Crippen LogP contribution is 2.43. The number of nitrogens with two attached hydrogens (primary N) is 1. The number of alkyl halides is 3. The number of aryl methyl sites for hydroxylation is 1. The van der Waals surface area contributed by atoms with E-state index in [1.807, 2.05) is 4.90 Å². The van der Waals surface area contributed by atoms with Gasteiger partial charge < -0.3 is 30.9 Å². The number of anilines is 2. The molecule has 6 rings (SSSR count). The Morgan fingerprint density at radius 1 is 1.04 bits per heavy atom. The van der Waals surface area contributed by atoms with E-state index in [-0.39, 0.29) is 34.1 Å². The van der Waals surface area contributed by atoms with E-state index >= 15 is 0 Å². The van der Waals surface area contributed by atoms with Crippen LogP contribution in [0.25, 0.3) is 16.8 Å². The molecule has 1 spiro atoms. The van der Waals surface area contributed by atoms with E-state index in [0.29, 0.717) is 61.5 Å². The predicted octanol–water partition coefficient (Wildman–Crippen LogP) is 4.63. The van der Waals surface area contributed by atoms with E-state index in [9.17, 15) is 33.0 Å². The van der Waals surface area contributed by atoms with Gasteiger partial charge in [0.2, 0.25) is 17.9 Å². The molecule has 2 aliphatic heterocycles. The number of nitrogen functional groups attached to an aromatic ring is 1. The fraction of sp³-hybridized carbons (Fsp3) is 0.344. The third-order valence-corrected chi connectivity index (χ3v) is 8.79. The maximum Gasteiger partial charge on any atom is 0.429 e. The summed E-state index contributed by atoms with van der Waals surface area (Å²) in [7, 11) is 0. The zero-order chi connectivity index (χ0) is 33.5. The highest BCUT2D eigenvalue weighted by molar-refractivity contribution is 5.88. The van der Waals surface area contributed by atoms with Gasteiger partial charge in [0.15, 0.2) is 0 Å². The molecule has 2 aromatic carbocycles. The van der Waals surface area contributed by atoms with Crippen molar-refractivity contribution in [3.63, 3.8) is 0 Å². The average Bonchev–Trinajstić information content (AvgIpc) is 3.66. The number of carbonyl (C=O) groups is 2. The number of piperidine rings is 1. The number of aromatic carboxylic acids is 1. The zero-order valence-electron chi connectivity index (χ0n) is 25.2. The smallest absolute Gasteiger partial charge is 0.429 e. The number of aliphatic carboxylic acids is 1. The second kappa shape index (κ2) is 12.2. The largest absolute Gasteiger partial charge is 0.480 e. The summed E-state index contributed by atoms with van der Waals surface area (Å²) in [6, 6.07) is 12.6. The summed E-state index contributed by atoms with van der Waals surface area (Å²) < 4.78 is 51.8. The van der Waals surface area contributed by atoms with E-state index in [0.717, 1.165) is 0 Å². The highest BCUT2D eigenvalue weighted by atomic mass is 19.4. The lowest BCUT2D eigenvalue weighted by Crippen LogP contribution is -2.41. The molecular weight excluding hydrogens is 619 g/mol. The number of benzene rings is 2. The number of carboxylic acids is 2. The molecule has 12 nitrogen and oxygen atoms in total. The molecule has 2 aromatic heterocycles. The molecular formula is C32H32F3N7O5. The summed E-state index contributed by atoms with van der Waals surface area (Å²) in [4.78, 5) is 32.9. The van der Waals surface area contributed by atoms with Gasteiger partial charge in [-0.3, -0.25) is 4.79 Å². The van der Waals surface area contributed by atoms with E-state index in [4.69, 9.17) is 10.5 Å². The lowest BCUT2D eigenvalue weighted by atomic mass is 9.76. The van der Waals surface area contributed by atoms with Crippen molar-refractivity contribution < 1.29 is 37.7 Å². The number of nitrogens with one attached hydrogen (secondary N) is 1. The molecule has 2 fully saturated rings. The minimum atomic E-state index is -4.91. The number of ether oxygens (including phenoxy) is 1. The standard InChI is InChI=1S/C32H32F3N7O5/c1-18-8-11-42(40-18)24-7-6-21(19-2-4-20(5-3-19)28(43)44)14-22(24)27(32(33,34)35)47-26-15-25(38-30(36)39-26)41-12-9-31(10-13-41)16-23(29(45)46)37-17-31/h2-8,11,14-15,23,27,37H,9-10,12-13,16-17H2,1H3,(H,43,44)(H,45,46)(H2,36,38,39)/t23?,27-/m1/s1. The van der Waals surface area contributed by atoms with Gasteiger partial charge in [0, 0.05) is 37.5 Å². The first-order chi connectivity index (χ1) is 22.3. The van der Waals surface area contributed by atoms with Crippen molar-refractivity contribution in [2.24, 2.45) is 5.41 Å². The molecule has 2 aliphatic rings. The van der Waals surface area contributed by atoms with Gasteiger partial charge in [-0.15, -0.1) is 0 Å². The van der Waals surface area contributed by atoms with E-state index in [1.54, 1.807) is 25.3 Å². The minimum absolute atomic E-state index is 0.0412. The Labute approximate surface area is 267 Å². The van der Waals surface area contributed by atoms with Crippen LogP contribution in [-0.4, -0.2) is 73.8 Å². The fourth-order valence-corrected chi connectivity index (χ4v) is 6.27. The number of halogens is 3. The summed E-state index contributed by atoms with van der Waals surface area (Å²) in [5, 5.41) is 26.0. The van der Waals surface area contributed by atoms with Gasteiger partial charge in [0.05, 0.1) is 16.9 Å². The van der Waals surface area contributed by atoms with Crippen LogP contribution in [0, 0.1) is 12.3 Å². The number of hydrogen-bond donors (Lipinski definition) is 4. The van der Waals surface area contributed by atoms with Crippen LogP contribution in [0.2, 0.25) is 0 Å². The van der Waals surface area contributed by atoms with E-state index in [2.05, 4.69) is 20.4 Å². The SMILES string of the molecule is Cc1ccn(-c2ccc(-c3ccc(C(=O)O)cc3)cc2[C@@H](Oc2cc(N3CCC4(CC3)CNC(C(=O)O)C4)nc(N)n2)C(F)(F)F)n1. The molecule has 47 heavy (non-hydrogen) atoms. The first-order valence-electron chi connectivity index (χ1n) is 14.9. The van der Waals surface area contributed by atoms with Gasteiger partial charge in [-0.1, -0.05) is 18.2 Å². The Balaban J connectivity index is 1.32. The van der Waals surface area contributed by atoms with Crippen LogP contribution in [0.1, 0.15) is 47.0 Å². The van der Waals surface area contributed by atoms with Gasteiger partial charge in [-0.05, 0) is 73.1 Å². The quantitative estimate of drug-likeness (QED) is 0.210. The van der Waals surface area contributed by atoms with Crippen molar-refractivity contribution in [3.8, 4) is 22.7 Å². The van der Waals surface area contributed by atoms with Crippen molar-refractivity contribution in [3.05, 3.63) is 77.6 Å². The van der Waals surface area contributed by atoms with Gasteiger partial charge in [0.25, 0.3) is 0 Å². The average molecular weight is 652 g/mol. The first-order valence-corrected chi connectivity index (χ1v) is 14.9. The molecule has 0 aliphatic carbocycles. The molecule has 0 amide bonds. The molecule has 4 aromatic rings. The van der Waals surface area contributed by atoms with E-state index < -0.39 is 30.3 Å². The summed E-state index contributed by atoms with van der Waals surface area (Å²) in [6.07, 6.45) is -4.01.